The van der Waals surface area contributed by atoms with Crippen molar-refractivity contribution in [1.82, 2.24) is 15.3 Å². The second-order valence-corrected chi connectivity index (χ2v) is 4.85. The Morgan fingerprint density at radius 3 is 2.95 bits per heavy atom. The molecule has 7 nitrogen and oxygen atoms in total. The molecule has 112 valence electrons. The summed E-state index contributed by atoms with van der Waals surface area (Å²) in [4.78, 5) is 30.7. The standard InChI is InChI=1S/C14H19N5O2/c1-3-6-16-12(20)8(2)17-14-18-11-5-4-9(15)7-10(11)13(21)19-14/h4-5,7-8H,3,6,15H2,1-2H3,(H,16,20)(H2,17,18,19,21). The largest absolute Gasteiger partial charge is 0.399 e. The lowest BCUT2D eigenvalue weighted by Crippen LogP contribution is -2.38. The van der Waals surface area contributed by atoms with Crippen LogP contribution in [-0.4, -0.2) is 28.5 Å². The van der Waals surface area contributed by atoms with Gasteiger partial charge in [-0.15, -0.1) is 0 Å². The quantitative estimate of drug-likeness (QED) is 0.609. The van der Waals surface area contributed by atoms with E-state index in [1.807, 2.05) is 6.92 Å². The predicted octanol–water partition coefficient (Wildman–Crippen LogP) is 0.832. The minimum Gasteiger partial charge on any atom is -0.399 e. The van der Waals surface area contributed by atoms with Crippen molar-refractivity contribution in [3.8, 4) is 0 Å². The highest BCUT2D eigenvalue weighted by atomic mass is 16.2. The average Bonchev–Trinajstić information content (AvgIpc) is 2.45. The van der Waals surface area contributed by atoms with Crippen LogP contribution in [0.2, 0.25) is 0 Å². The Morgan fingerprint density at radius 1 is 1.48 bits per heavy atom. The summed E-state index contributed by atoms with van der Waals surface area (Å²) in [7, 11) is 0. The van der Waals surface area contributed by atoms with Crippen molar-refractivity contribution < 1.29 is 4.79 Å². The number of aromatic nitrogens is 2. The van der Waals surface area contributed by atoms with E-state index in [9.17, 15) is 9.59 Å². The summed E-state index contributed by atoms with van der Waals surface area (Å²) in [6, 6.07) is 4.43. The van der Waals surface area contributed by atoms with Gasteiger partial charge in [0.2, 0.25) is 11.9 Å². The maximum Gasteiger partial charge on any atom is 0.260 e. The van der Waals surface area contributed by atoms with E-state index in [1.54, 1.807) is 25.1 Å². The van der Waals surface area contributed by atoms with Crippen LogP contribution in [0.25, 0.3) is 10.9 Å². The van der Waals surface area contributed by atoms with Gasteiger partial charge in [0, 0.05) is 12.2 Å². The summed E-state index contributed by atoms with van der Waals surface area (Å²) in [5.74, 6) is 0.119. The Labute approximate surface area is 122 Å². The summed E-state index contributed by atoms with van der Waals surface area (Å²) in [6.07, 6.45) is 0.866. The van der Waals surface area contributed by atoms with Crippen molar-refractivity contribution in [2.75, 3.05) is 17.6 Å². The van der Waals surface area contributed by atoms with Gasteiger partial charge in [0.15, 0.2) is 0 Å². The zero-order valence-electron chi connectivity index (χ0n) is 12.1. The van der Waals surface area contributed by atoms with E-state index < -0.39 is 6.04 Å². The number of hydrogen-bond acceptors (Lipinski definition) is 5. The molecule has 2 aromatic rings. The van der Waals surface area contributed by atoms with Crippen LogP contribution in [0.15, 0.2) is 23.0 Å². The van der Waals surface area contributed by atoms with Gasteiger partial charge in [-0.1, -0.05) is 6.92 Å². The molecule has 0 bridgehead atoms. The summed E-state index contributed by atoms with van der Waals surface area (Å²) in [6.45, 7) is 4.30. The Morgan fingerprint density at radius 2 is 2.24 bits per heavy atom. The average molecular weight is 289 g/mol. The Balaban J connectivity index is 2.21. The van der Waals surface area contributed by atoms with Gasteiger partial charge >= 0.3 is 0 Å². The molecule has 1 heterocycles. The smallest absolute Gasteiger partial charge is 0.260 e. The lowest BCUT2D eigenvalue weighted by atomic mass is 10.2. The predicted molar refractivity (Wildman–Crippen MR) is 83.2 cm³/mol. The number of carbonyl (C=O) groups is 1. The number of nitrogen functional groups attached to an aromatic ring is 1. The summed E-state index contributed by atoms with van der Waals surface area (Å²) < 4.78 is 0. The molecule has 0 saturated carbocycles. The van der Waals surface area contributed by atoms with E-state index in [0.717, 1.165) is 6.42 Å². The number of rotatable bonds is 5. The number of amides is 1. The molecule has 0 saturated heterocycles. The van der Waals surface area contributed by atoms with Crippen LogP contribution in [0.5, 0.6) is 0 Å². The third kappa shape index (κ3) is 3.50. The zero-order valence-corrected chi connectivity index (χ0v) is 12.1. The van der Waals surface area contributed by atoms with Crippen LogP contribution in [0.3, 0.4) is 0 Å². The first kappa shape index (κ1) is 14.8. The van der Waals surface area contributed by atoms with Gasteiger partial charge in [-0.2, -0.15) is 0 Å². The molecule has 1 aromatic heterocycles. The van der Waals surface area contributed by atoms with E-state index in [1.165, 1.54) is 0 Å². The monoisotopic (exact) mass is 289 g/mol. The van der Waals surface area contributed by atoms with E-state index in [-0.39, 0.29) is 17.4 Å². The molecule has 1 amide bonds. The highest BCUT2D eigenvalue weighted by molar-refractivity contribution is 5.85. The second kappa shape index (κ2) is 6.25. The van der Waals surface area contributed by atoms with E-state index in [4.69, 9.17) is 5.73 Å². The Bertz CT molecular complexity index is 710. The number of nitrogens with two attached hydrogens (primary N) is 1. The van der Waals surface area contributed by atoms with Gasteiger partial charge in [-0.25, -0.2) is 4.98 Å². The van der Waals surface area contributed by atoms with Crippen LogP contribution < -0.4 is 21.9 Å². The van der Waals surface area contributed by atoms with Gasteiger partial charge in [0.05, 0.1) is 10.9 Å². The lowest BCUT2D eigenvalue weighted by Gasteiger charge is -2.14. The third-order valence-electron chi connectivity index (χ3n) is 3.03. The van der Waals surface area contributed by atoms with Crippen LogP contribution >= 0.6 is 0 Å². The van der Waals surface area contributed by atoms with Gasteiger partial charge in [0.1, 0.15) is 6.04 Å². The first-order valence-corrected chi connectivity index (χ1v) is 6.85. The molecule has 21 heavy (non-hydrogen) atoms. The van der Waals surface area contributed by atoms with Gasteiger partial charge in [-0.3, -0.25) is 14.6 Å². The minimum atomic E-state index is -0.495. The fourth-order valence-corrected chi connectivity index (χ4v) is 1.90. The normalized spacial score (nSPS) is 12.1. The van der Waals surface area contributed by atoms with Crippen molar-refractivity contribution in [1.29, 1.82) is 0 Å². The molecule has 5 N–H and O–H groups in total. The number of benzene rings is 1. The first-order valence-electron chi connectivity index (χ1n) is 6.85. The lowest BCUT2D eigenvalue weighted by molar-refractivity contribution is -0.121. The Hall–Kier alpha value is -2.57. The number of H-pyrrole nitrogens is 1. The molecule has 1 atom stereocenters. The molecular weight excluding hydrogens is 270 g/mol. The molecule has 1 aromatic carbocycles. The van der Waals surface area contributed by atoms with Crippen molar-refractivity contribution >= 4 is 28.4 Å². The molecule has 0 radical (unpaired) electrons. The van der Waals surface area contributed by atoms with E-state index in [2.05, 4.69) is 20.6 Å². The fraction of sp³-hybridized carbons (Fsp3) is 0.357. The molecule has 0 fully saturated rings. The zero-order chi connectivity index (χ0) is 15.4. The second-order valence-electron chi connectivity index (χ2n) is 4.85. The maximum absolute atomic E-state index is 12.0. The van der Waals surface area contributed by atoms with Crippen molar-refractivity contribution in [3.05, 3.63) is 28.6 Å². The molecule has 0 aliphatic carbocycles. The molecule has 7 heteroatoms. The topological polar surface area (TPSA) is 113 Å². The van der Waals surface area contributed by atoms with Crippen molar-refractivity contribution in [2.45, 2.75) is 26.3 Å². The number of carbonyl (C=O) groups excluding carboxylic acids is 1. The van der Waals surface area contributed by atoms with Crippen LogP contribution in [0, 0.1) is 0 Å². The molecule has 0 aliphatic rings. The van der Waals surface area contributed by atoms with Gasteiger partial charge < -0.3 is 16.4 Å². The van der Waals surface area contributed by atoms with Crippen molar-refractivity contribution in [3.63, 3.8) is 0 Å². The number of nitrogens with zero attached hydrogens (tertiary/aromatic N) is 1. The Kier molecular flexibility index (Phi) is 4.42. The molecule has 2 rings (SSSR count). The fourth-order valence-electron chi connectivity index (χ4n) is 1.90. The van der Waals surface area contributed by atoms with Gasteiger partial charge in [0.25, 0.3) is 5.56 Å². The molecule has 0 aliphatic heterocycles. The summed E-state index contributed by atoms with van der Waals surface area (Å²) in [5.41, 5.74) is 6.38. The van der Waals surface area contributed by atoms with Crippen molar-refractivity contribution in [2.24, 2.45) is 0 Å². The van der Waals surface area contributed by atoms with Crippen LogP contribution in [-0.2, 0) is 4.79 Å². The van der Waals surface area contributed by atoms with Gasteiger partial charge in [-0.05, 0) is 31.5 Å². The van der Waals surface area contributed by atoms with Crippen LogP contribution in [0.4, 0.5) is 11.6 Å². The molecular formula is C14H19N5O2. The number of hydrogen-bond donors (Lipinski definition) is 4. The SMILES string of the molecule is CCCNC(=O)C(C)Nc1nc2ccc(N)cc2c(=O)[nH]1. The highest BCUT2D eigenvalue weighted by Gasteiger charge is 2.13. The molecule has 1 unspecified atom stereocenters. The number of fused-ring (bicyclic) bond motifs is 1. The van der Waals surface area contributed by atoms with Crippen LogP contribution in [0.1, 0.15) is 20.3 Å². The van der Waals surface area contributed by atoms with E-state index >= 15 is 0 Å². The minimum absolute atomic E-state index is 0.142. The third-order valence-corrected chi connectivity index (χ3v) is 3.03. The number of anilines is 2. The van der Waals surface area contributed by atoms with E-state index in [0.29, 0.717) is 23.1 Å². The number of nitrogens with one attached hydrogen (secondary N) is 3. The summed E-state index contributed by atoms with van der Waals surface area (Å²) >= 11 is 0. The molecule has 0 spiro atoms. The summed E-state index contributed by atoms with van der Waals surface area (Å²) in [5, 5.41) is 6.08. The number of aromatic amines is 1. The highest BCUT2D eigenvalue weighted by Crippen LogP contribution is 2.13. The first-order chi connectivity index (χ1) is 10.0. The maximum atomic E-state index is 12.0.